The van der Waals surface area contributed by atoms with Crippen LogP contribution in [0.4, 0.5) is 0 Å². The lowest BCUT2D eigenvalue weighted by atomic mass is 9.93. The minimum absolute atomic E-state index is 0.0667. The van der Waals surface area contributed by atoms with Gasteiger partial charge in [-0.05, 0) is 41.8 Å². The average Bonchev–Trinajstić information content (AvgIpc) is 3.23. The highest BCUT2D eigenvalue weighted by atomic mass is 16.5. The number of carbonyl (C=O) groups excluding carboxylic acids is 1. The molecule has 1 aromatic heterocycles. The minimum Gasteiger partial charge on any atom is -0.497 e. The van der Waals surface area contributed by atoms with Crippen LogP contribution in [0.3, 0.4) is 0 Å². The molecule has 0 fully saturated rings. The monoisotopic (exact) mass is 363 g/mol. The van der Waals surface area contributed by atoms with Gasteiger partial charge in [-0.2, -0.15) is 0 Å². The smallest absolute Gasteiger partial charge is 0.219 e. The summed E-state index contributed by atoms with van der Waals surface area (Å²) in [5.41, 5.74) is 2.28. The van der Waals surface area contributed by atoms with E-state index >= 15 is 0 Å². The molecule has 0 saturated carbocycles. The molecule has 0 bridgehead atoms. The van der Waals surface area contributed by atoms with Crippen molar-refractivity contribution in [3.05, 3.63) is 89.9 Å². The first-order valence-electron chi connectivity index (χ1n) is 9.14. The normalized spacial score (nSPS) is 11.8. The number of rotatable bonds is 8. The summed E-state index contributed by atoms with van der Waals surface area (Å²) in [4.78, 5) is 14.1. The lowest BCUT2D eigenvalue weighted by Gasteiger charge is -2.24. The second-order valence-corrected chi connectivity index (χ2v) is 6.56. The van der Waals surface area contributed by atoms with E-state index in [1.807, 2.05) is 59.5 Å². The van der Waals surface area contributed by atoms with E-state index in [0.717, 1.165) is 23.5 Å². The molecule has 2 aromatic carbocycles. The first-order chi connectivity index (χ1) is 13.2. The van der Waals surface area contributed by atoms with Crippen molar-refractivity contribution in [2.24, 2.45) is 0 Å². The Kier molecular flexibility index (Phi) is 6.31. The number of ether oxygens (including phenoxy) is 1. The summed E-state index contributed by atoms with van der Waals surface area (Å²) < 4.78 is 10.9. The molecule has 3 rings (SSSR count). The molecule has 0 aliphatic heterocycles. The molecule has 0 spiro atoms. The van der Waals surface area contributed by atoms with Gasteiger partial charge in [0.15, 0.2) is 0 Å². The van der Waals surface area contributed by atoms with Gasteiger partial charge in [-0.15, -0.1) is 0 Å². The van der Waals surface area contributed by atoms with Crippen LogP contribution in [0.2, 0.25) is 0 Å². The van der Waals surface area contributed by atoms with Crippen LogP contribution in [0.1, 0.15) is 36.1 Å². The van der Waals surface area contributed by atoms with E-state index in [4.69, 9.17) is 9.15 Å². The Hall–Kier alpha value is -3.01. The van der Waals surface area contributed by atoms with E-state index in [1.54, 1.807) is 20.3 Å². The second-order valence-electron chi connectivity index (χ2n) is 6.56. The maximum Gasteiger partial charge on any atom is 0.219 e. The average molecular weight is 363 g/mol. The lowest BCUT2D eigenvalue weighted by Crippen LogP contribution is -2.30. The van der Waals surface area contributed by atoms with E-state index in [9.17, 15) is 4.79 Å². The molecule has 3 aromatic rings. The Balaban J connectivity index is 1.72. The predicted octanol–water partition coefficient (Wildman–Crippen LogP) is 4.86. The molecule has 4 nitrogen and oxygen atoms in total. The van der Waals surface area contributed by atoms with E-state index in [0.29, 0.717) is 13.1 Å². The summed E-state index contributed by atoms with van der Waals surface area (Å²) in [6.07, 6.45) is 2.50. The maximum atomic E-state index is 12.2. The van der Waals surface area contributed by atoms with Crippen LogP contribution in [-0.2, 0) is 11.3 Å². The Morgan fingerprint density at radius 1 is 1.04 bits per heavy atom. The van der Waals surface area contributed by atoms with Crippen molar-refractivity contribution in [1.82, 2.24) is 4.90 Å². The fourth-order valence-electron chi connectivity index (χ4n) is 3.23. The van der Waals surface area contributed by atoms with Gasteiger partial charge in [-0.1, -0.05) is 42.5 Å². The molecule has 1 atom stereocenters. The molecule has 0 aliphatic rings. The van der Waals surface area contributed by atoms with Gasteiger partial charge in [0.2, 0.25) is 5.91 Å². The Morgan fingerprint density at radius 2 is 1.78 bits per heavy atom. The van der Waals surface area contributed by atoms with Crippen molar-refractivity contribution in [3.63, 3.8) is 0 Å². The van der Waals surface area contributed by atoms with Crippen LogP contribution in [0, 0.1) is 0 Å². The van der Waals surface area contributed by atoms with E-state index in [2.05, 4.69) is 12.1 Å². The zero-order valence-electron chi connectivity index (χ0n) is 15.8. The molecule has 0 radical (unpaired) electrons. The molecule has 4 heteroatoms. The third kappa shape index (κ3) is 5.00. The summed E-state index contributed by atoms with van der Waals surface area (Å²) in [7, 11) is 1.65. The van der Waals surface area contributed by atoms with Gasteiger partial charge in [0.05, 0.1) is 13.4 Å². The van der Waals surface area contributed by atoms with Crippen LogP contribution < -0.4 is 4.74 Å². The van der Waals surface area contributed by atoms with Crippen LogP contribution in [0.15, 0.2) is 77.4 Å². The zero-order chi connectivity index (χ0) is 19.1. The number of amides is 1. The van der Waals surface area contributed by atoms with Crippen molar-refractivity contribution in [3.8, 4) is 5.75 Å². The molecule has 1 heterocycles. The Bertz CT molecular complexity index is 826. The van der Waals surface area contributed by atoms with Gasteiger partial charge in [-0.25, -0.2) is 0 Å². The van der Waals surface area contributed by atoms with Crippen molar-refractivity contribution >= 4 is 5.91 Å². The van der Waals surface area contributed by atoms with Crippen LogP contribution >= 0.6 is 0 Å². The number of furan rings is 1. The molecule has 0 N–H and O–H groups in total. The first-order valence-corrected chi connectivity index (χ1v) is 9.14. The zero-order valence-corrected chi connectivity index (χ0v) is 15.8. The number of carbonyl (C=O) groups is 1. The molecular weight excluding hydrogens is 338 g/mol. The number of hydrogen-bond donors (Lipinski definition) is 0. The third-order valence-electron chi connectivity index (χ3n) is 4.75. The van der Waals surface area contributed by atoms with Crippen molar-refractivity contribution in [2.45, 2.75) is 25.8 Å². The highest BCUT2D eigenvalue weighted by Gasteiger charge is 2.19. The summed E-state index contributed by atoms with van der Waals surface area (Å²) in [6.45, 7) is 2.86. The van der Waals surface area contributed by atoms with Gasteiger partial charge >= 0.3 is 0 Å². The van der Waals surface area contributed by atoms with Crippen molar-refractivity contribution < 1.29 is 13.9 Å². The van der Waals surface area contributed by atoms with Crippen LogP contribution in [0.25, 0.3) is 0 Å². The molecule has 0 unspecified atom stereocenters. The highest BCUT2D eigenvalue weighted by Crippen LogP contribution is 2.29. The van der Waals surface area contributed by atoms with E-state index < -0.39 is 0 Å². The minimum atomic E-state index is 0.0667. The highest BCUT2D eigenvalue weighted by molar-refractivity contribution is 5.73. The Labute approximate surface area is 160 Å². The van der Waals surface area contributed by atoms with Gasteiger partial charge in [-0.3, -0.25) is 4.79 Å². The standard InChI is InChI=1S/C23H25NO3/c1-18(25)24(17-19-10-12-21(26-2)13-11-19)15-14-22(23-9-6-16-27-23)20-7-4-3-5-8-20/h3-13,16,22H,14-15,17H2,1-2H3/t22-/m0/s1. The number of benzene rings is 2. The molecule has 140 valence electrons. The number of nitrogens with zero attached hydrogens (tertiary/aromatic N) is 1. The summed E-state index contributed by atoms with van der Waals surface area (Å²) >= 11 is 0. The molecule has 0 aliphatic carbocycles. The third-order valence-corrected chi connectivity index (χ3v) is 4.75. The second kappa shape index (κ2) is 9.08. The molecular formula is C23H25NO3. The van der Waals surface area contributed by atoms with Crippen molar-refractivity contribution in [2.75, 3.05) is 13.7 Å². The number of hydrogen-bond acceptors (Lipinski definition) is 3. The van der Waals surface area contributed by atoms with Crippen molar-refractivity contribution in [1.29, 1.82) is 0 Å². The van der Waals surface area contributed by atoms with Crippen LogP contribution in [-0.4, -0.2) is 24.5 Å². The summed E-state index contributed by atoms with van der Waals surface area (Å²) in [5.74, 6) is 1.93. The summed E-state index contributed by atoms with van der Waals surface area (Å²) in [6, 6.07) is 22.0. The molecule has 27 heavy (non-hydrogen) atoms. The molecule has 1 amide bonds. The predicted molar refractivity (Wildman–Crippen MR) is 106 cm³/mol. The largest absolute Gasteiger partial charge is 0.497 e. The maximum absolute atomic E-state index is 12.2. The molecule has 0 saturated heterocycles. The van der Waals surface area contributed by atoms with Gasteiger partial charge < -0.3 is 14.1 Å². The van der Waals surface area contributed by atoms with Gasteiger partial charge in [0, 0.05) is 25.9 Å². The fourth-order valence-corrected chi connectivity index (χ4v) is 3.23. The van der Waals surface area contributed by atoms with Gasteiger partial charge in [0.25, 0.3) is 0 Å². The van der Waals surface area contributed by atoms with E-state index in [1.165, 1.54) is 5.56 Å². The Morgan fingerprint density at radius 3 is 2.37 bits per heavy atom. The fraction of sp³-hybridized carbons (Fsp3) is 0.261. The number of methoxy groups -OCH3 is 1. The quantitative estimate of drug-likeness (QED) is 0.574. The van der Waals surface area contributed by atoms with Crippen LogP contribution in [0.5, 0.6) is 5.75 Å². The van der Waals surface area contributed by atoms with E-state index in [-0.39, 0.29) is 11.8 Å². The SMILES string of the molecule is COc1ccc(CN(CC[C@@H](c2ccccc2)c2ccco2)C(C)=O)cc1. The van der Waals surface area contributed by atoms with Gasteiger partial charge in [0.1, 0.15) is 11.5 Å². The lowest BCUT2D eigenvalue weighted by molar-refractivity contribution is -0.129. The first kappa shape index (κ1) is 18.8. The topological polar surface area (TPSA) is 42.7 Å². The summed E-state index contributed by atoms with van der Waals surface area (Å²) in [5, 5.41) is 0.